The Bertz CT molecular complexity index is 454. The zero-order valence-electron chi connectivity index (χ0n) is 9.42. The van der Waals surface area contributed by atoms with Crippen LogP contribution in [0.3, 0.4) is 0 Å². The predicted molar refractivity (Wildman–Crippen MR) is 73.3 cm³/mol. The fraction of sp³-hybridized carbons (Fsp3) is 0.214. The van der Waals surface area contributed by atoms with Gasteiger partial charge in [0.05, 0.1) is 4.99 Å². The van der Waals surface area contributed by atoms with Gasteiger partial charge in [0.15, 0.2) is 0 Å². The van der Waals surface area contributed by atoms with Crippen molar-refractivity contribution in [1.82, 2.24) is 5.32 Å². The van der Waals surface area contributed by atoms with Crippen LogP contribution in [0.2, 0.25) is 0 Å². The molecule has 16 heavy (non-hydrogen) atoms. The molecule has 0 amide bonds. The van der Waals surface area contributed by atoms with Gasteiger partial charge in [-0.15, -0.1) is 0 Å². The molecule has 0 bridgehead atoms. The highest BCUT2D eigenvalue weighted by Gasteiger charge is 2.14. The average Bonchev–Trinajstić information content (AvgIpc) is 2.59. The maximum Gasteiger partial charge on any atom is 0.0842 e. The lowest BCUT2D eigenvalue weighted by Crippen LogP contribution is -2.08. The van der Waals surface area contributed by atoms with E-state index >= 15 is 0 Å². The highest BCUT2D eigenvalue weighted by Crippen LogP contribution is 2.21. The van der Waals surface area contributed by atoms with Crippen LogP contribution in [0.15, 0.2) is 42.1 Å². The van der Waals surface area contributed by atoms with E-state index in [2.05, 4.69) is 49.2 Å². The van der Waals surface area contributed by atoms with Crippen molar-refractivity contribution < 1.29 is 0 Å². The number of rotatable bonds is 2. The van der Waals surface area contributed by atoms with Gasteiger partial charge in [-0.2, -0.15) is 0 Å². The lowest BCUT2D eigenvalue weighted by molar-refractivity contribution is 1.14. The smallest absolute Gasteiger partial charge is 0.0842 e. The molecule has 0 radical (unpaired) electrons. The molecule has 1 aromatic carbocycles. The Kier molecular flexibility index (Phi) is 3.20. The quantitative estimate of drug-likeness (QED) is 0.779. The van der Waals surface area contributed by atoms with Crippen LogP contribution in [0.1, 0.15) is 24.5 Å². The van der Waals surface area contributed by atoms with Crippen molar-refractivity contribution in [3.63, 3.8) is 0 Å². The van der Waals surface area contributed by atoms with E-state index in [0.717, 1.165) is 23.5 Å². The van der Waals surface area contributed by atoms with Crippen molar-refractivity contribution in [1.29, 1.82) is 0 Å². The summed E-state index contributed by atoms with van der Waals surface area (Å²) in [5, 5.41) is 3.08. The van der Waals surface area contributed by atoms with Gasteiger partial charge >= 0.3 is 0 Å². The molecule has 1 N–H and O–H groups in total. The Morgan fingerprint density at radius 3 is 2.56 bits per heavy atom. The molecule has 0 spiro atoms. The first-order chi connectivity index (χ1) is 7.69. The van der Waals surface area contributed by atoms with Crippen LogP contribution in [0.25, 0.3) is 6.08 Å². The first-order valence-electron chi connectivity index (χ1n) is 5.47. The molecule has 0 saturated carbocycles. The molecule has 1 aliphatic heterocycles. The summed E-state index contributed by atoms with van der Waals surface area (Å²) in [6.45, 7) is 6.11. The minimum absolute atomic E-state index is 0.809. The number of hydrogen-bond donors (Lipinski definition) is 1. The number of benzene rings is 1. The van der Waals surface area contributed by atoms with Crippen molar-refractivity contribution in [3.05, 3.63) is 53.2 Å². The van der Waals surface area contributed by atoms with Gasteiger partial charge in [-0.1, -0.05) is 50.0 Å². The number of allylic oxidation sites excluding steroid dienone is 1. The van der Waals surface area contributed by atoms with E-state index in [0.29, 0.717) is 0 Å². The van der Waals surface area contributed by atoms with Crippen LogP contribution >= 0.6 is 12.2 Å². The van der Waals surface area contributed by atoms with E-state index in [9.17, 15) is 0 Å². The van der Waals surface area contributed by atoms with Crippen molar-refractivity contribution in [2.75, 3.05) is 0 Å². The molecule has 82 valence electrons. The van der Waals surface area contributed by atoms with E-state index in [1.54, 1.807) is 0 Å². The van der Waals surface area contributed by atoms with Gasteiger partial charge in [0, 0.05) is 12.1 Å². The van der Waals surface area contributed by atoms with E-state index in [1.807, 2.05) is 0 Å². The highest BCUT2D eigenvalue weighted by atomic mass is 32.1. The summed E-state index contributed by atoms with van der Waals surface area (Å²) in [6.07, 6.45) is 4.03. The van der Waals surface area contributed by atoms with Crippen LogP contribution in [-0.4, -0.2) is 4.99 Å². The third kappa shape index (κ3) is 2.39. The minimum Gasteiger partial charge on any atom is -0.350 e. The molecule has 2 heteroatoms. The van der Waals surface area contributed by atoms with Gasteiger partial charge in [0.2, 0.25) is 0 Å². The second-order valence-electron chi connectivity index (χ2n) is 3.97. The lowest BCUT2D eigenvalue weighted by atomic mass is 10.1. The third-order valence-corrected chi connectivity index (χ3v) is 3.00. The zero-order valence-corrected chi connectivity index (χ0v) is 10.2. The normalized spacial score (nSPS) is 17.9. The van der Waals surface area contributed by atoms with Gasteiger partial charge in [-0.25, -0.2) is 0 Å². The summed E-state index contributed by atoms with van der Waals surface area (Å²) in [7, 11) is 0. The average molecular weight is 229 g/mol. The van der Waals surface area contributed by atoms with E-state index < -0.39 is 0 Å². The van der Waals surface area contributed by atoms with E-state index in [1.165, 1.54) is 16.7 Å². The molecule has 0 aromatic heterocycles. The fourth-order valence-corrected chi connectivity index (χ4v) is 2.04. The second kappa shape index (κ2) is 4.62. The van der Waals surface area contributed by atoms with E-state index in [-0.39, 0.29) is 0 Å². The standard InChI is InChI=1S/C14H15NS/c1-3-11-4-6-12(7-5-11)8-13-9-14(16)15-10(13)2/h4-8H,2-3,9H2,1H3,(H,15,16)/b13-8+. The molecule has 0 aliphatic carbocycles. The molecule has 1 aliphatic rings. The van der Waals surface area contributed by atoms with Crippen molar-refractivity contribution in [2.45, 2.75) is 19.8 Å². The van der Waals surface area contributed by atoms with Gasteiger partial charge in [-0.05, 0) is 29.2 Å². The Balaban J connectivity index is 2.22. The van der Waals surface area contributed by atoms with Crippen molar-refractivity contribution in [2.24, 2.45) is 0 Å². The summed E-state index contributed by atoms with van der Waals surface area (Å²) in [5.41, 5.74) is 4.69. The van der Waals surface area contributed by atoms with Crippen molar-refractivity contribution in [3.8, 4) is 0 Å². The van der Waals surface area contributed by atoms with Crippen LogP contribution in [0.5, 0.6) is 0 Å². The Labute approximate surface area is 102 Å². The van der Waals surface area contributed by atoms with Crippen LogP contribution in [-0.2, 0) is 6.42 Å². The molecule has 2 rings (SSSR count). The number of hydrogen-bond acceptors (Lipinski definition) is 1. The molecular weight excluding hydrogens is 214 g/mol. The highest BCUT2D eigenvalue weighted by molar-refractivity contribution is 7.80. The fourth-order valence-electron chi connectivity index (χ4n) is 1.76. The second-order valence-corrected chi connectivity index (χ2v) is 4.46. The summed E-state index contributed by atoms with van der Waals surface area (Å²) >= 11 is 5.12. The molecule has 0 atom stereocenters. The first-order valence-corrected chi connectivity index (χ1v) is 5.88. The summed E-state index contributed by atoms with van der Waals surface area (Å²) in [6, 6.07) is 8.60. The van der Waals surface area contributed by atoms with Gasteiger partial charge in [-0.3, -0.25) is 0 Å². The van der Waals surface area contributed by atoms with Crippen LogP contribution in [0, 0.1) is 0 Å². The number of thiocarbonyl (C=S) groups is 1. The summed E-state index contributed by atoms with van der Waals surface area (Å²) in [4.78, 5) is 0.862. The molecular formula is C14H15NS. The first kappa shape index (κ1) is 11.1. The molecule has 1 fully saturated rings. The summed E-state index contributed by atoms with van der Waals surface area (Å²) in [5.74, 6) is 0. The topological polar surface area (TPSA) is 12.0 Å². The van der Waals surface area contributed by atoms with Gasteiger partial charge in [0.25, 0.3) is 0 Å². The Morgan fingerprint density at radius 1 is 1.38 bits per heavy atom. The van der Waals surface area contributed by atoms with Crippen LogP contribution in [0.4, 0.5) is 0 Å². The van der Waals surface area contributed by atoms with Crippen molar-refractivity contribution >= 4 is 23.3 Å². The third-order valence-electron chi connectivity index (χ3n) is 2.76. The number of aryl methyl sites for hydroxylation is 1. The minimum atomic E-state index is 0.809. The number of nitrogens with one attached hydrogen (secondary N) is 1. The van der Waals surface area contributed by atoms with Gasteiger partial charge < -0.3 is 5.32 Å². The van der Waals surface area contributed by atoms with Gasteiger partial charge in [0.1, 0.15) is 0 Å². The SMILES string of the molecule is C=C1NC(=S)C/C1=C\c1ccc(CC)cc1. The lowest BCUT2D eigenvalue weighted by Gasteiger charge is -2.00. The molecule has 1 saturated heterocycles. The Hall–Kier alpha value is -1.41. The van der Waals surface area contributed by atoms with E-state index in [4.69, 9.17) is 12.2 Å². The zero-order chi connectivity index (χ0) is 11.5. The predicted octanol–water partition coefficient (Wildman–Crippen LogP) is 3.47. The maximum absolute atomic E-state index is 5.12. The molecule has 1 nitrogen and oxygen atoms in total. The summed E-state index contributed by atoms with van der Waals surface area (Å²) < 4.78 is 0. The Morgan fingerprint density at radius 2 is 2.06 bits per heavy atom. The monoisotopic (exact) mass is 229 g/mol. The van der Waals surface area contributed by atoms with Crippen LogP contribution < -0.4 is 5.32 Å². The molecule has 0 unspecified atom stereocenters. The molecule has 1 aromatic rings. The maximum atomic E-state index is 5.12. The molecule has 1 heterocycles. The largest absolute Gasteiger partial charge is 0.350 e.